The number of nitrogens with one attached hydrogen (secondary N) is 1. The summed E-state index contributed by atoms with van der Waals surface area (Å²) < 4.78 is 6.84. The van der Waals surface area contributed by atoms with Crippen LogP contribution in [0.25, 0.3) is 0 Å². The lowest BCUT2D eigenvalue weighted by Gasteiger charge is -2.15. The first-order chi connectivity index (χ1) is 7.24. The van der Waals surface area contributed by atoms with Crippen molar-refractivity contribution in [3.63, 3.8) is 0 Å². The van der Waals surface area contributed by atoms with Gasteiger partial charge in [-0.2, -0.15) is 0 Å². The van der Waals surface area contributed by atoms with Gasteiger partial charge in [0.15, 0.2) is 0 Å². The highest BCUT2D eigenvalue weighted by atomic mass is 79.9. The van der Waals surface area contributed by atoms with Crippen LogP contribution >= 0.6 is 15.9 Å². The number of rotatable bonds is 5. The molecule has 1 aliphatic rings. The Morgan fingerprint density at radius 1 is 1.53 bits per heavy atom. The molecule has 1 aliphatic carbocycles. The zero-order valence-electron chi connectivity index (χ0n) is 8.87. The fraction of sp³-hybridized carbons (Fsp3) is 0.500. The zero-order valence-corrected chi connectivity index (χ0v) is 10.5. The molecular weight excluding hydrogens is 254 g/mol. The summed E-state index contributed by atoms with van der Waals surface area (Å²) in [5.74, 6) is 0.925. The van der Waals surface area contributed by atoms with Crippen LogP contribution in [-0.2, 0) is 0 Å². The van der Waals surface area contributed by atoms with Crippen LogP contribution in [0.4, 0.5) is 0 Å². The molecule has 0 aliphatic heterocycles. The van der Waals surface area contributed by atoms with Crippen LogP contribution in [0.1, 0.15) is 19.8 Å². The highest BCUT2D eigenvalue weighted by Crippen LogP contribution is 2.20. The standard InChI is InChI=1S/C12H16BrNO/c1-9(8-14-11-5-6-11)15-12-4-2-3-10(13)7-12/h2-4,7,9,11,14H,5-6,8H2,1H3. The third-order valence-corrected chi connectivity index (χ3v) is 2.90. The van der Waals surface area contributed by atoms with Crippen LogP contribution in [0.3, 0.4) is 0 Å². The Labute approximate surface area is 99.1 Å². The largest absolute Gasteiger partial charge is 0.489 e. The Kier molecular flexibility index (Phi) is 3.65. The summed E-state index contributed by atoms with van der Waals surface area (Å²) in [6.45, 7) is 3.02. The van der Waals surface area contributed by atoms with Gasteiger partial charge >= 0.3 is 0 Å². The molecule has 0 saturated heterocycles. The van der Waals surface area contributed by atoms with Crippen molar-refractivity contribution in [2.75, 3.05) is 6.54 Å². The SMILES string of the molecule is CC(CNC1CC1)Oc1cccc(Br)c1. The monoisotopic (exact) mass is 269 g/mol. The van der Waals surface area contributed by atoms with E-state index in [1.165, 1.54) is 12.8 Å². The molecule has 1 N–H and O–H groups in total. The van der Waals surface area contributed by atoms with E-state index in [9.17, 15) is 0 Å². The molecule has 1 aromatic carbocycles. The van der Waals surface area contributed by atoms with Gasteiger partial charge in [-0.05, 0) is 38.0 Å². The maximum atomic E-state index is 5.78. The van der Waals surface area contributed by atoms with E-state index in [2.05, 4.69) is 28.2 Å². The summed E-state index contributed by atoms with van der Waals surface area (Å²) in [6, 6.07) is 8.71. The summed E-state index contributed by atoms with van der Waals surface area (Å²) in [7, 11) is 0. The summed E-state index contributed by atoms with van der Waals surface area (Å²) in [5, 5.41) is 3.45. The third kappa shape index (κ3) is 3.84. The molecule has 1 fully saturated rings. The third-order valence-electron chi connectivity index (χ3n) is 2.40. The van der Waals surface area contributed by atoms with Crippen molar-refractivity contribution in [2.24, 2.45) is 0 Å². The lowest BCUT2D eigenvalue weighted by atomic mass is 10.3. The maximum Gasteiger partial charge on any atom is 0.120 e. The van der Waals surface area contributed by atoms with Crippen LogP contribution in [0.2, 0.25) is 0 Å². The van der Waals surface area contributed by atoms with Crippen molar-refractivity contribution in [3.05, 3.63) is 28.7 Å². The Balaban J connectivity index is 1.79. The van der Waals surface area contributed by atoms with E-state index in [0.717, 1.165) is 22.8 Å². The first kappa shape index (κ1) is 11.0. The Morgan fingerprint density at radius 3 is 3.00 bits per heavy atom. The van der Waals surface area contributed by atoms with Crippen LogP contribution in [0, 0.1) is 0 Å². The molecule has 15 heavy (non-hydrogen) atoms. The number of benzene rings is 1. The summed E-state index contributed by atoms with van der Waals surface area (Å²) >= 11 is 3.43. The van der Waals surface area contributed by atoms with Gasteiger partial charge in [0.1, 0.15) is 11.9 Å². The Bertz CT molecular complexity index is 325. The smallest absolute Gasteiger partial charge is 0.120 e. The van der Waals surface area contributed by atoms with Crippen LogP contribution in [0.15, 0.2) is 28.7 Å². The van der Waals surface area contributed by atoms with Gasteiger partial charge in [0.05, 0.1) is 0 Å². The van der Waals surface area contributed by atoms with E-state index in [1.54, 1.807) is 0 Å². The molecular formula is C12H16BrNO. The quantitative estimate of drug-likeness (QED) is 0.888. The van der Waals surface area contributed by atoms with Gasteiger partial charge < -0.3 is 10.1 Å². The minimum atomic E-state index is 0.222. The number of hydrogen-bond donors (Lipinski definition) is 1. The maximum absolute atomic E-state index is 5.78. The first-order valence-corrected chi connectivity index (χ1v) is 6.19. The molecule has 1 saturated carbocycles. The number of hydrogen-bond acceptors (Lipinski definition) is 2. The van der Waals surface area contributed by atoms with Gasteiger partial charge in [-0.15, -0.1) is 0 Å². The Morgan fingerprint density at radius 2 is 2.33 bits per heavy atom. The molecule has 2 nitrogen and oxygen atoms in total. The van der Waals surface area contributed by atoms with Gasteiger partial charge in [0.2, 0.25) is 0 Å². The van der Waals surface area contributed by atoms with Gasteiger partial charge in [0, 0.05) is 17.1 Å². The Hall–Kier alpha value is -0.540. The normalized spacial score (nSPS) is 17.5. The van der Waals surface area contributed by atoms with Crippen LogP contribution in [0.5, 0.6) is 5.75 Å². The average Bonchev–Trinajstić information content (AvgIpc) is 2.98. The van der Waals surface area contributed by atoms with Gasteiger partial charge in [-0.3, -0.25) is 0 Å². The van der Waals surface area contributed by atoms with Crippen LogP contribution in [-0.4, -0.2) is 18.7 Å². The molecule has 0 bridgehead atoms. The predicted molar refractivity (Wildman–Crippen MR) is 65.3 cm³/mol. The van der Waals surface area contributed by atoms with Crippen molar-refractivity contribution >= 4 is 15.9 Å². The zero-order chi connectivity index (χ0) is 10.7. The molecule has 0 amide bonds. The second-order valence-electron chi connectivity index (χ2n) is 4.07. The van der Waals surface area contributed by atoms with Crippen molar-refractivity contribution in [1.82, 2.24) is 5.32 Å². The van der Waals surface area contributed by atoms with Crippen molar-refractivity contribution in [1.29, 1.82) is 0 Å². The number of halogens is 1. The van der Waals surface area contributed by atoms with Gasteiger partial charge in [-0.25, -0.2) is 0 Å². The van der Waals surface area contributed by atoms with Crippen molar-refractivity contribution < 1.29 is 4.74 Å². The van der Waals surface area contributed by atoms with E-state index in [0.29, 0.717) is 0 Å². The first-order valence-electron chi connectivity index (χ1n) is 5.39. The average molecular weight is 270 g/mol. The fourth-order valence-corrected chi connectivity index (χ4v) is 1.81. The lowest BCUT2D eigenvalue weighted by molar-refractivity contribution is 0.216. The molecule has 3 heteroatoms. The van der Waals surface area contributed by atoms with E-state index in [1.807, 2.05) is 24.3 Å². The van der Waals surface area contributed by atoms with E-state index in [4.69, 9.17) is 4.74 Å². The highest BCUT2D eigenvalue weighted by Gasteiger charge is 2.21. The molecule has 1 atom stereocenters. The van der Waals surface area contributed by atoms with Crippen LogP contribution < -0.4 is 10.1 Å². The van der Waals surface area contributed by atoms with Crippen molar-refractivity contribution in [3.8, 4) is 5.75 Å². The predicted octanol–water partition coefficient (Wildman–Crippen LogP) is 2.97. The summed E-state index contributed by atoms with van der Waals surface area (Å²) in [6.07, 6.45) is 2.87. The number of ether oxygens (including phenoxy) is 1. The van der Waals surface area contributed by atoms with E-state index in [-0.39, 0.29) is 6.10 Å². The van der Waals surface area contributed by atoms with Gasteiger partial charge in [0.25, 0.3) is 0 Å². The van der Waals surface area contributed by atoms with Gasteiger partial charge in [-0.1, -0.05) is 22.0 Å². The van der Waals surface area contributed by atoms with E-state index >= 15 is 0 Å². The second kappa shape index (κ2) is 4.99. The minimum absolute atomic E-state index is 0.222. The fourth-order valence-electron chi connectivity index (χ4n) is 1.43. The molecule has 1 unspecified atom stereocenters. The molecule has 0 spiro atoms. The van der Waals surface area contributed by atoms with Crippen molar-refractivity contribution in [2.45, 2.75) is 31.9 Å². The molecule has 0 aromatic heterocycles. The highest BCUT2D eigenvalue weighted by molar-refractivity contribution is 9.10. The molecule has 1 aromatic rings. The molecule has 0 radical (unpaired) electrons. The summed E-state index contributed by atoms with van der Waals surface area (Å²) in [5.41, 5.74) is 0. The summed E-state index contributed by atoms with van der Waals surface area (Å²) in [4.78, 5) is 0. The molecule has 82 valence electrons. The minimum Gasteiger partial charge on any atom is -0.489 e. The topological polar surface area (TPSA) is 21.3 Å². The second-order valence-corrected chi connectivity index (χ2v) is 4.98. The lowest BCUT2D eigenvalue weighted by Crippen LogP contribution is -2.30. The van der Waals surface area contributed by atoms with E-state index < -0.39 is 0 Å². The molecule has 2 rings (SSSR count). The molecule has 0 heterocycles.